The molecule has 0 saturated carbocycles. The van der Waals surface area contributed by atoms with Gasteiger partial charge in [0, 0.05) is 50.0 Å². The van der Waals surface area contributed by atoms with Crippen LogP contribution in [0.4, 0.5) is 5.69 Å². The van der Waals surface area contributed by atoms with Gasteiger partial charge in [-0.2, -0.15) is 0 Å². The molecule has 2 aliphatic heterocycles. The number of amides is 1. The molecule has 1 amide bonds. The highest BCUT2D eigenvalue weighted by Crippen LogP contribution is 2.35. The number of carbonyl (C=O) groups excluding carboxylic acids is 1. The maximum Gasteiger partial charge on any atom is 0.281 e. The highest BCUT2D eigenvalue weighted by Gasteiger charge is 2.37. The number of furan rings is 1. The highest BCUT2D eigenvalue weighted by atomic mass is 32.2. The molecule has 0 aliphatic carbocycles. The van der Waals surface area contributed by atoms with Crippen LogP contribution < -0.4 is 0 Å². The van der Waals surface area contributed by atoms with Gasteiger partial charge in [-0.3, -0.25) is 14.9 Å². The van der Waals surface area contributed by atoms with Gasteiger partial charge in [-0.15, -0.1) is 0 Å². The van der Waals surface area contributed by atoms with Crippen LogP contribution in [-0.4, -0.2) is 63.3 Å². The predicted molar refractivity (Wildman–Crippen MR) is 115 cm³/mol. The minimum atomic E-state index is -0.447. The smallest absolute Gasteiger partial charge is 0.281 e. The average molecular weight is 431 g/mol. The molecule has 29 heavy (non-hydrogen) atoms. The Morgan fingerprint density at radius 1 is 1.21 bits per heavy atom. The zero-order valence-electron chi connectivity index (χ0n) is 15.6. The van der Waals surface area contributed by atoms with Crippen molar-refractivity contribution in [3.05, 3.63) is 57.2 Å². The molecule has 4 rings (SSSR count). The van der Waals surface area contributed by atoms with Gasteiger partial charge >= 0.3 is 0 Å². The third-order valence-corrected chi connectivity index (χ3v) is 6.06. The molecule has 2 aliphatic rings. The van der Waals surface area contributed by atoms with Crippen molar-refractivity contribution in [1.29, 1.82) is 0 Å². The zero-order valence-corrected chi connectivity index (χ0v) is 17.2. The van der Waals surface area contributed by atoms with Crippen molar-refractivity contribution in [3.63, 3.8) is 0 Å². The number of hydrazine groups is 1. The minimum absolute atomic E-state index is 0.00602. The van der Waals surface area contributed by atoms with Crippen LogP contribution in [0.5, 0.6) is 0 Å². The van der Waals surface area contributed by atoms with Gasteiger partial charge in [-0.1, -0.05) is 36.1 Å². The van der Waals surface area contributed by atoms with Gasteiger partial charge < -0.3 is 9.32 Å². The van der Waals surface area contributed by atoms with Gasteiger partial charge in [0.25, 0.3) is 11.6 Å². The monoisotopic (exact) mass is 430 g/mol. The van der Waals surface area contributed by atoms with Crippen molar-refractivity contribution in [2.75, 3.05) is 33.2 Å². The van der Waals surface area contributed by atoms with Crippen molar-refractivity contribution in [3.8, 4) is 11.3 Å². The summed E-state index contributed by atoms with van der Waals surface area (Å²) < 4.78 is 6.31. The molecule has 2 saturated heterocycles. The van der Waals surface area contributed by atoms with Crippen LogP contribution in [0.15, 0.2) is 45.7 Å². The molecule has 2 fully saturated rings. The second-order valence-corrected chi connectivity index (χ2v) is 8.44. The summed E-state index contributed by atoms with van der Waals surface area (Å²) in [6.07, 6.45) is 1.66. The summed E-state index contributed by atoms with van der Waals surface area (Å²) in [5, 5.41) is 14.5. The number of nitrogens with zero attached hydrogens (tertiary/aromatic N) is 4. The summed E-state index contributed by atoms with van der Waals surface area (Å²) in [4.78, 5) is 26.1. The first kappa shape index (κ1) is 19.8. The summed E-state index contributed by atoms with van der Waals surface area (Å²) in [5.41, 5.74) is 0.595. The molecule has 150 valence electrons. The molecule has 0 radical (unpaired) electrons. The summed E-state index contributed by atoms with van der Waals surface area (Å²) in [6.45, 7) is 3.24. The molecular formula is C19H18N4O4S2. The molecule has 2 aromatic rings. The first-order valence-electron chi connectivity index (χ1n) is 8.98. The number of hydrogen-bond acceptors (Lipinski definition) is 8. The Labute approximate surface area is 176 Å². The number of piperazine rings is 1. The summed E-state index contributed by atoms with van der Waals surface area (Å²) >= 11 is 6.67. The fourth-order valence-electron chi connectivity index (χ4n) is 3.19. The van der Waals surface area contributed by atoms with Gasteiger partial charge in [-0.25, -0.2) is 10.0 Å². The van der Waals surface area contributed by atoms with Crippen LogP contribution in [0.2, 0.25) is 0 Å². The molecule has 0 unspecified atom stereocenters. The number of thiocarbonyl (C=S) groups is 1. The van der Waals surface area contributed by atoms with Crippen LogP contribution >= 0.6 is 24.0 Å². The van der Waals surface area contributed by atoms with Gasteiger partial charge in [0.2, 0.25) is 0 Å². The number of nitro groups is 1. The van der Waals surface area contributed by atoms with Gasteiger partial charge in [0.15, 0.2) is 4.32 Å². The van der Waals surface area contributed by atoms with E-state index in [1.165, 1.54) is 23.9 Å². The zero-order chi connectivity index (χ0) is 20.5. The van der Waals surface area contributed by atoms with Crippen molar-refractivity contribution >= 4 is 46.0 Å². The lowest BCUT2D eigenvalue weighted by Gasteiger charge is -2.37. The maximum absolute atomic E-state index is 12.9. The van der Waals surface area contributed by atoms with Crippen LogP contribution in [0.25, 0.3) is 17.4 Å². The predicted octanol–water partition coefficient (Wildman–Crippen LogP) is 3.22. The van der Waals surface area contributed by atoms with Gasteiger partial charge in [0.05, 0.1) is 9.83 Å². The van der Waals surface area contributed by atoms with E-state index in [-0.39, 0.29) is 11.6 Å². The second-order valence-electron chi connectivity index (χ2n) is 6.76. The molecule has 0 N–H and O–H groups in total. The van der Waals surface area contributed by atoms with Crippen molar-refractivity contribution < 1.29 is 14.1 Å². The molecule has 0 atom stereocenters. The Bertz CT molecular complexity index is 1010. The second kappa shape index (κ2) is 8.07. The Hall–Kier alpha value is -2.53. The lowest BCUT2D eigenvalue weighted by molar-refractivity contribution is -0.384. The first-order chi connectivity index (χ1) is 13.9. The Morgan fingerprint density at radius 2 is 1.97 bits per heavy atom. The molecule has 8 nitrogen and oxygen atoms in total. The van der Waals surface area contributed by atoms with Crippen molar-refractivity contribution in [2.45, 2.75) is 0 Å². The number of non-ortho nitro benzene ring substituents is 1. The van der Waals surface area contributed by atoms with Crippen molar-refractivity contribution in [2.24, 2.45) is 0 Å². The van der Waals surface area contributed by atoms with Gasteiger partial charge in [-0.05, 0) is 19.2 Å². The molecule has 10 heteroatoms. The van der Waals surface area contributed by atoms with Crippen LogP contribution in [0.3, 0.4) is 0 Å². The molecule has 1 aromatic carbocycles. The van der Waals surface area contributed by atoms with Crippen LogP contribution in [0.1, 0.15) is 5.76 Å². The number of benzene rings is 1. The van der Waals surface area contributed by atoms with Gasteiger partial charge in [0.1, 0.15) is 11.5 Å². The largest absolute Gasteiger partial charge is 0.457 e. The normalized spacial score (nSPS) is 20.0. The highest BCUT2D eigenvalue weighted by molar-refractivity contribution is 8.26. The van der Waals surface area contributed by atoms with Crippen LogP contribution in [0, 0.1) is 10.1 Å². The average Bonchev–Trinajstić information content (AvgIpc) is 3.28. The van der Waals surface area contributed by atoms with E-state index in [1.54, 1.807) is 35.4 Å². The Morgan fingerprint density at radius 3 is 2.69 bits per heavy atom. The van der Waals surface area contributed by atoms with Crippen molar-refractivity contribution in [1.82, 2.24) is 14.9 Å². The number of thioether (sulfide) groups is 1. The lowest BCUT2D eigenvalue weighted by atomic mass is 10.1. The molecule has 0 spiro atoms. The topological polar surface area (TPSA) is 83.1 Å². The summed E-state index contributed by atoms with van der Waals surface area (Å²) in [6, 6.07) is 9.69. The number of likely N-dealkylation sites (N-methyl/N-ethyl adjacent to an activating group) is 1. The van der Waals surface area contributed by atoms with Crippen LogP contribution in [-0.2, 0) is 4.79 Å². The van der Waals surface area contributed by atoms with E-state index in [1.807, 2.05) is 5.01 Å². The van der Waals surface area contributed by atoms with E-state index in [0.717, 1.165) is 26.2 Å². The fraction of sp³-hybridized carbons (Fsp3) is 0.263. The molecule has 1 aromatic heterocycles. The SMILES string of the molecule is CN1CCN(N2C(=O)C(=Cc3ccc(-c4cccc([N+](=O)[O-])c4)o3)SC2=S)CC1. The fourth-order valence-corrected chi connectivity index (χ4v) is 4.48. The summed E-state index contributed by atoms with van der Waals surface area (Å²) in [5.74, 6) is 0.831. The van der Waals surface area contributed by atoms with E-state index in [0.29, 0.717) is 26.3 Å². The first-order valence-corrected chi connectivity index (χ1v) is 10.2. The third-order valence-electron chi connectivity index (χ3n) is 4.78. The van der Waals surface area contributed by atoms with E-state index in [4.69, 9.17) is 16.6 Å². The van der Waals surface area contributed by atoms with E-state index in [9.17, 15) is 14.9 Å². The Balaban J connectivity index is 1.53. The minimum Gasteiger partial charge on any atom is -0.457 e. The van der Waals surface area contributed by atoms with E-state index in [2.05, 4.69) is 11.9 Å². The summed E-state index contributed by atoms with van der Waals surface area (Å²) in [7, 11) is 2.05. The maximum atomic E-state index is 12.9. The number of rotatable bonds is 4. The number of nitro benzene ring substituents is 1. The lowest BCUT2D eigenvalue weighted by Crippen LogP contribution is -2.54. The van der Waals surface area contributed by atoms with E-state index >= 15 is 0 Å². The molecule has 0 bridgehead atoms. The molecular weight excluding hydrogens is 412 g/mol. The standard InChI is InChI=1S/C19H18N4O4S2/c1-20-7-9-21(10-8-20)22-18(24)17(29-19(22)28)12-15-5-6-16(27-15)13-3-2-4-14(11-13)23(25)26/h2-6,11-12H,7-10H2,1H3. The number of carbonyl (C=O) groups is 1. The number of hydrogen-bond donors (Lipinski definition) is 0. The quantitative estimate of drug-likeness (QED) is 0.316. The van der Waals surface area contributed by atoms with E-state index < -0.39 is 4.92 Å². The Kier molecular flexibility index (Phi) is 5.50. The third kappa shape index (κ3) is 4.10. The molecule has 3 heterocycles.